The molecule has 1 aromatic heterocycles. The predicted molar refractivity (Wildman–Crippen MR) is 60.4 cm³/mol. The number of phenolic OH excluding ortho intramolecular Hbond substituents is 1. The van der Waals surface area contributed by atoms with Gasteiger partial charge in [-0.2, -0.15) is 5.10 Å². The van der Waals surface area contributed by atoms with E-state index in [2.05, 4.69) is 5.10 Å². The molecule has 0 saturated carbocycles. The number of hydrogen-bond acceptors (Lipinski definition) is 3. The molecule has 0 saturated heterocycles. The Morgan fingerprint density at radius 2 is 2.19 bits per heavy atom. The molecular weight excluding hydrogens is 204 g/mol. The van der Waals surface area contributed by atoms with Crippen molar-refractivity contribution in [2.24, 2.45) is 0 Å². The number of aryl methyl sites for hydroxylation is 1. The van der Waals surface area contributed by atoms with Gasteiger partial charge in [0.25, 0.3) is 0 Å². The van der Waals surface area contributed by atoms with Crippen molar-refractivity contribution < 1.29 is 9.90 Å². The van der Waals surface area contributed by atoms with Crippen LogP contribution < -0.4 is 0 Å². The maximum Gasteiger partial charge on any atom is 0.170 e. The van der Waals surface area contributed by atoms with E-state index in [0.29, 0.717) is 24.1 Å². The van der Waals surface area contributed by atoms with Gasteiger partial charge in [-0.25, -0.2) is 0 Å². The number of rotatable bonds is 3. The fourth-order valence-electron chi connectivity index (χ4n) is 1.64. The van der Waals surface area contributed by atoms with Crippen LogP contribution in [0.1, 0.15) is 17.4 Å². The molecule has 0 bridgehead atoms. The molecule has 16 heavy (non-hydrogen) atoms. The summed E-state index contributed by atoms with van der Waals surface area (Å²) in [6.45, 7) is 2.59. The minimum absolute atomic E-state index is 0.189. The second-order valence-electron chi connectivity index (χ2n) is 3.41. The second kappa shape index (κ2) is 4.18. The first-order valence-electron chi connectivity index (χ1n) is 5.07. The monoisotopic (exact) mass is 216 g/mol. The van der Waals surface area contributed by atoms with Crippen LogP contribution in [0.3, 0.4) is 0 Å². The molecule has 1 aromatic carbocycles. The van der Waals surface area contributed by atoms with Gasteiger partial charge < -0.3 is 5.11 Å². The smallest absolute Gasteiger partial charge is 0.170 e. The van der Waals surface area contributed by atoms with Gasteiger partial charge in [0.1, 0.15) is 11.4 Å². The molecule has 4 nitrogen and oxygen atoms in total. The van der Waals surface area contributed by atoms with Gasteiger partial charge in [-0.15, -0.1) is 0 Å². The highest BCUT2D eigenvalue weighted by molar-refractivity contribution is 5.77. The molecule has 1 heterocycles. The molecule has 0 aliphatic carbocycles. The Bertz CT molecular complexity index is 517. The molecule has 0 atom stereocenters. The van der Waals surface area contributed by atoms with E-state index >= 15 is 0 Å². The van der Waals surface area contributed by atoms with Crippen LogP contribution in [-0.2, 0) is 6.54 Å². The van der Waals surface area contributed by atoms with Crippen LogP contribution in [0.2, 0.25) is 0 Å². The summed E-state index contributed by atoms with van der Waals surface area (Å²) in [7, 11) is 0. The van der Waals surface area contributed by atoms with Gasteiger partial charge in [0.2, 0.25) is 0 Å². The highest BCUT2D eigenvalue weighted by Crippen LogP contribution is 2.28. The summed E-state index contributed by atoms with van der Waals surface area (Å²) in [5, 5.41) is 13.8. The Labute approximate surface area is 93.1 Å². The largest absolute Gasteiger partial charge is 0.507 e. The third-order valence-electron chi connectivity index (χ3n) is 2.40. The number of para-hydroxylation sites is 1. The number of benzene rings is 1. The van der Waals surface area contributed by atoms with Crippen molar-refractivity contribution in [2.45, 2.75) is 13.5 Å². The Morgan fingerprint density at radius 1 is 1.44 bits per heavy atom. The number of phenols is 1. The van der Waals surface area contributed by atoms with Gasteiger partial charge in [-0.3, -0.25) is 9.48 Å². The van der Waals surface area contributed by atoms with Gasteiger partial charge in [0, 0.05) is 12.1 Å². The Hall–Kier alpha value is -2.10. The first-order valence-corrected chi connectivity index (χ1v) is 5.07. The third kappa shape index (κ3) is 1.69. The van der Waals surface area contributed by atoms with Crippen molar-refractivity contribution in [3.05, 3.63) is 36.0 Å². The summed E-state index contributed by atoms with van der Waals surface area (Å²) in [6, 6.07) is 8.68. The summed E-state index contributed by atoms with van der Waals surface area (Å²) in [6.07, 6.45) is 0.704. The normalized spacial score (nSPS) is 10.3. The lowest BCUT2D eigenvalue weighted by molar-refractivity contribution is 0.111. The van der Waals surface area contributed by atoms with Crippen LogP contribution in [0.5, 0.6) is 5.75 Å². The first-order chi connectivity index (χ1) is 7.76. The van der Waals surface area contributed by atoms with Crippen molar-refractivity contribution in [3.8, 4) is 17.0 Å². The SMILES string of the molecule is CCn1nc(C=O)cc1-c1ccccc1O. The van der Waals surface area contributed by atoms with E-state index in [1.807, 2.05) is 13.0 Å². The number of nitrogens with zero attached hydrogens (tertiary/aromatic N) is 2. The highest BCUT2D eigenvalue weighted by Gasteiger charge is 2.11. The van der Waals surface area contributed by atoms with Crippen LogP contribution in [0, 0.1) is 0 Å². The summed E-state index contributed by atoms with van der Waals surface area (Å²) < 4.78 is 1.69. The van der Waals surface area contributed by atoms with E-state index < -0.39 is 0 Å². The number of aldehydes is 1. The molecule has 0 aliphatic rings. The first kappa shape index (κ1) is 10.4. The zero-order valence-electron chi connectivity index (χ0n) is 8.92. The van der Waals surface area contributed by atoms with Crippen molar-refractivity contribution in [1.29, 1.82) is 0 Å². The zero-order chi connectivity index (χ0) is 11.5. The Balaban J connectivity index is 2.59. The molecule has 4 heteroatoms. The van der Waals surface area contributed by atoms with Gasteiger partial charge in [0.05, 0.1) is 5.69 Å². The number of carbonyl (C=O) groups excluding carboxylic acids is 1. The van der Waals surface area contributed by atoms with E-state index in [1.54, 1.807) is 28.9 Å². The molecule has 2 aromatic rings. The average molecular weight is 216 g/mol. The lowest BCUT2D eigenvalue weighted by Gasteiger charge is -2.05. The summed E-state index contributed by atoms with van der Waals surface area (Å²) in [4.78, 5) is 10.7. The molecule has 0 radical (unpaired) electrons. The van der Waals surface area contributed by atoms with Gasteiger partial charge >= 0.3 is 0 Å². The molecule has 2 rings (SSSR count). The zero-order valence-corrected chi connectivity index (χ0v) is 8.92. The molecule has 82 valence electrons. The van der Waals surface area contributed by atoms with E-state index in [4.69, 9.17) is 0 Å². The molecule has 0 spiro atoms. The van der Waals surface area contributed by atoms with Crippen LogP contribution in [-0.4, -0.2) is 21.2 Å². The molecule has 0 aliphatic heterocycles. The number of aromatic hydroxyl groups is 1. The number of carbonyl (C=O) groups is 1. The fraction of sp³-hybridized carbons (Fsp3) is 0.167. The topological polar surface area (TPSA) is 55.1 Å². The Kier molecular flexibility index (Phi) is 2.72. The standard InChI is InChI=1S/C12H12N2O2/c1-2-14-11(7-9(8-15)13-14)10-5-3-4-6-12(10)16/h3-8,16H,2H2,1H3. The summed E-state index contributed by atoms with van der Waals surface area (Å²) in [5.74, 6) is 0.189. The van der Waals surface area contributed by atoms with Crippen molar-refractivity contribution in [2.75, 3.05) is 0 Å². The number of hydrogen-bond donors (Lipinski definition) is 1. The third-order valence-corrected chi connectivity index (χ3v) is 2.40. The van der Waals surface area contributed by atoms with Crippen LogP contribution in [0.25, 0.3) is 11.3 Å². The maximum absolute atomic E-state index is 10.7. The molecule has 0 unspecified atom stereocenters. The van der Waals surface area contributed by atoms with Crippen molar-refractivity contribution in [1.82, 2.24) is 9.78 Å². The maximum atomic E-state index is 10.7. The average Bonchev–Trinajstić information content (AvgIpc) is 2.72. The Morgan fingerprint density at radius 3 is 2.81 bits per heavy atom. The molecule has 0 fully saturated rings. The van der Waals surface area contributed by atoms with Crippen molar-refractivity contribution in [3.63, 3.8) is 0 Å². The van der Waals surface area contributed by atoms with E-state index in [0.717, 1.165) is 5.69 Å². The molecular formula is C12H12N2O2. The van der Waals surface area contributed by atoms with Crippen molar-refractivity contribution >= 4 is 6.29 Å². The second-order valence-corrected chi connectivity index (χ2v) is 3.41. The van der Waals surface area contributed by atoms with E-state index in [-0.39, 0.29) is 5.75 Å². The fourth-order valence-corrected chi connectivity index (χ4v) is 1.64. The summed E-state index contributed by atoms with van der Waals surface area (Å²) >= 11 is 0. The lowest BCUT2D eigenvalue weighted by atomic mass is 10.1. The quantitative estimate of drug-likeness (QED) is 0.799. The minimum atomic E-state index is 0.189. The van der Waals surface area contributed by atoms with Gasteiger partial charge in [-0.1, -0.05) is 12.1 Å². The minimum Gasteiger partial charge on any atom is -0.507 e. The van der Waals surface area contributed by atoms with Crippen LogP contribution >= 0.6 is 0 Å². The van der Waals surface area contributed by atoms with Crippen LogP contribution in [0.15, 0.2) is 30.3 Å². The number of aromatic nitrogens is 2. The van der Waals surface area contributed by atoms with Gasteiger partial charge in [-0.05, 0) is 25.1 Å². The highest BCUT2D eigenvalue weighted by atomic mass is 16.3. The predicted octanol–water partition coefficient (Wildman–Crippen LogP) is 2.09. The van der Waals surface area contributed by atoms with Crippen LogP contribution in [0.4, 0.5) is 0 Å². The lowest BCUT2D eigenvalue weighted by Crippen LogP contribution is -1.99. The van der Waals surface area contributed by atoms with E-state index in [9.17, 15) is 9.90 Å². The van der Waals surface area contributed by atoms with Gasteiger partial charge in [0.15, 0.2) is 6.29 Å². The molecule has 1 N–H and O–H groups in total. The molecule has 0 amide bonds. The summed E-state index contributed by atoms with van der Waals surface area (Å²) in [5.41, 5.74) is 1.81. The van der Waals surface area contributed by atoms with E-state index in [1.165, 1.54) is 0 Å².